The van der Waals surface area contributed by atoms with Gasteiger partial charge in [-0.25, -0.2) is 0 Å². The molecule has 1 atom stereocenters. The number of rotatable bonds is 3. The first kappa shape index (κ1) is 7.14. The molecule has 0 aliphatic carbocycles. The highest BCUT2D eigenvalue weighted by Gasteiger charge is 1.93. The van der Waals surface area contributed by atoms with Crippen LogP contribution in [-0.2, 0) is 4.79 Å². The number of aldehydes is 1. The Kier molecular flexibility index (Phi) is 4.39. The summed E-state index contributed by atoms with van der Waals surface area (Å²) in [7, 11) is 0. The molecule has 0 heterocycles. The van der Waals surface area contributed by atoms with E-state index in [2.05, 4.69) is 29.2 Å². The van der Waals surface area contributed by atoms with E-state index in [1.54, 1.807) is 6.08 Å². The first-order valence-corrected chi connectivity index (χ1v) is 3.26. The van der Waals surface area contributed by atoms with Gasteiger partial charge in [0.2, 0.25) is 0 Å². The molecule has 0 aromatic rings. The smallest absolute Gasteiger partial charge is 0.133 e. The average molecular weight is 210 g/mol. The number of allylic oxidation sites excluding steroid dienone is 1. The Morgan fingerprint density at radius 2 is 2.43 bits per heavy atom. The number of hydrogen-bond donors (Lipinski definition) is 0. The lowest BCUT2D eigenvalue weighted by atomic mass is 10.3. The molecule has 0 rings (SSSR count). The van der Waals surface area contributed by atoms with Crippen LogP contribution in [-0.4, -0.2) is 10.2 Å². The van der Waals surface area contributed by atoms with Crippen LogP contribution >= 0.6 is 22.6 Å². The number of halogens is 1. The van der Waals surface area contributed by atoms with Crippen molar-refractivity contribution in [2.45, 2.75) is 10.3 Å². The Morgan fingerprint density at radius 1 is 1.86 bits per heavy atom. The first-order chi connectivity index (χ1) is 3.31. The monoisotopic (exact) mass is 210 g/mol. The lowest BCUT2D eigenvalue weighted by Crippen LogP contribution is -1.93. The van der Waals surface area contributed by atoms with Crippen LogP contribution < -0.4 is 0 Å². The van der Waals surface area contributed by atoms with Crippen LogP contribution in [0.15, 0.2) is 12.7 Å². The Morgan fingerprint density at radius 3 is 2.57 bits per heavy atom. The summed E-state index contributed by atoms with van der Waals surface area (Å²) in [5.74, 6) is 0. The molecule has 0 amide bonds. The van der Waals surface area contributed by atoms with E-state index >= 15 is 0 Å². The lowest BCUT2D eigenvalue weighted by Gasteiger charge is -1.89. The zero-order chi connectivity index (χ0) is 5.70. The van der Waals surface area contributed by atoms with E-state index in [1.807, 2.05) is 0 Å². The van der Waals surface area contributed by atoms with Crippen LogP contribution in [0.1, 0.15) is 6.42 Å². The third-order valence-corrected chi connectivity index (χ3v) is 1.34. The molecule has 40 valence electrons. The summed E-state index contributed by atoms with van der Waals surface area (Å²) in [6, 6.07) is 0. The van der Waals surface area contributed by atoms with Crippen molar-refractivity contribution < 1.29 is 4.79 Å². The molecule has 1 nitrogen and oxygen atoms in total. The van der Waals surface area contributed by atoms with Gasteiger partial charge in [-0.15, -0.1) is 6.58 Å². The van der Waals surface area contributed by atoms with E-state index in [4.69, 9.17) is 0 Å². The number of hydrogen-bond acceptors (Lipinski definition) is 1. The summed E-state index contributed by atoms with van der Waals surface area (Å²) in [4.78, 5) is 9.84. The predicted octanol–water partition coefficient (Wildman–Crippen LogP) is 1.56. The molecular weight excluding hydrogens is 203 g/mol. The molecule has 0 fully saturated rings. The zero-order valence-electron chi connectivity index (χ0n) is 3.93. The zero-order valence-corrected chi connectivity index (χ0v) is 6.09. The van der Waals surface area contributed by atoms with Crippen LogP contribution in [0.4, 0.5) is 0 Å². The minimum Gasteiger partial charge on any atom is -0.302 e. The van der Waals surface area contributed by atoms with Crippen molar-refractivity contribution in [1.29, 1.82) is 0 Å². The van der Waals surface area contributed by atoms with Gasteiger partial charge in [0.15, 0.2) is 0 Å². The third-order valence-electron chi connectivity index (χ3n) is 0.539. The van der Waals surface area contributed by atoms with Gasteiger partial charge in [-0.1, -0.05) is 28.7 Å². The first-order valence-electron chi connectivity index (χ1n) is 2.01. The predicted molar refractivity (Wildman–Crippen MR) is 38.7 cm³/mol. The van der Waals surface area contributed by atoms with E-state index in [0.29, 0.717) is 0 Å². The number of alkyl halides is 1. The van der Waals surface area contributed by atoms with Crippen molar-refractivity contribution in [2.75, 3.05) is 0 Å². The molecule has 0 N–H and O–H groups in total. The minimum absolute atomic E-state index is 0.120. The summed E-state index contributed by atoms with van der Waals surface area (Å²) < 4.78 is 0.120. The van der Waals surface area contributed by atoms with Gasteiger partial charge < -0.3 is 4.79 Å². The average Bonchev–Trinajstić information content (AvgIpc) is 1.68. The Balaban J connectivity index is 3.15. The third kappa shape index (κ3) is 3.98. The van der Waals surface area contributed by atoms with Crippen LogP contribution in [0.5, 0.6) is 0 Å². The maximum atomic E-state index is 9.84. The van der Waals surface area contributed by atoms with Crippen molar-refractivity contribution in [3.63, 3.8) is 0 Å². The molecule has 0 bridgehead atoms. The van der Waals surface area contributed by atoms with Gasteiger partial charge in [0.1, 0.15) is 6.29 Å². The highest BCUT2D eigenvalue weighted by molar-refractivity contribution is 14.1. The summed E-state index contributed by atoms with van der Waals surface area (Å²) in [6.07, 6.45) is 3.44. The fourth-order valence-corrected chi connectivity index (χ4v) is 0.574. The molecular formula is C5H7IO. The summed E-state index contributed by atoms with van der Waals surface area (Å²) in [5.41, 5.74) is 0. The standard InChI is InChI=1S/C5H7IO/c1-2-3-5(6)4-7/h2,4-5H,1,3H2/t5-/m1/s1. The van der Waals surface area contributed by atoms with Crippen molar-refractivity contribution in [3.8, 4) is 0 Å². The van der Waals surface area contributed by atoms with Crippen molar-refractivity contribution in [2.24, 2.45) is 0 Å². The van der Waals surface area contributed by atoms with Gasteiger partial charge in [0.05, 0.1) is 3.92 Å². The molecule has 2 heteroatoms. The number of carbonyl (C=O) groups is 1. The molecule has 0 saturated heterocycles. The van der Waals surface area contributed by atoms with Gasteiger partial charge >= 0.3 is 0 Å². The van der Waals surface area contributed by atoms with Crippen molar-refractivity contribution >= 4 is 28.9 Å². The molecule has 7 heavy (non-hydrogen) atoms. The second-order valence-corrected chi connectivity index (χ2v) is 2.78. The highest BCUT2D eigenvalue weighted by Crippen LogP contribution is 2.00. The summed E-state index contributed by atoms with van der Waals surface area (Å²) in [5, 5.41) is 0. The van der Waals surface area contributed by atoms with E-state index in [1.165, 1.54) is 0 Å². The normalized spacial score (nSPS) is 12.7. The maximum Gasteiger partial charge on any atom is 0.133 e. The SMILES string of the molecule is C=CC[C@@H](I)C=O. The topological polar surface area (TPSA) is 17.1 Å². The quantitative estimate of drug-likeness (QED) is 0.299. The van der Waals surface area contributed by atoms with Crippen LogP contribution in [0.3, 0.4) is 0 Å². The van der Waals surface area contributed by atoms with Gasteiger partial charge in [-0.2, -0.15) is 0 Å². The maximum absolute atomic E-state index is 9.84. The minimum atomic E-state index is 0.120. The molecule has 0 saturated carbocycles. The van der Waals surface area contributed by atoms with Crippen molar-refractivity contribution in [1.82, 2.24) is 0 Å². The van der Waals surface area contributed by atoms with Crippen LogP contribution in [0, 0.1) is 0 Å². The van der Waals surface area contributed by atoms with Crippen LogP contribution in [0.2, 0.25) is 0 Å². The molecule has 0 aliphatic rings. The second-order valence-electron chi connectivity index (χ2n) is 1.18. The molecule has 0 spiro atoms. The van der Waals surface area contributed by atoms with E-state index in [9.17, 15) is 4.79 Å². The molecule has 0 unspecified atom stereocenters. The molecule has 0 aliphatic heterocycles. The molecule has 0 radical (unpaired) electrons. The van der Waals surface area contributed by atoms with Gasteiger partial charge in [0, 0.05) is 0 Å². The lowest BCUT2D eigenvalue weighted by molar-refractivity contribution is -0.107. The van der Waals surface area contributed by atoms with Crippen molar-refractivity contribution in [3.05, 3.63) is 12.7 Å². The highest BCUT2D eigenvalue weighted by atomic mass is 127. The Labute approximate surface area is 56.9 Å². The van der Waals surface area contributed by atoms with Gasteiger partial charge in [-0.05, 0) is 6.42 Å². The Hall–Kier alpha value is 0.140. The Bertz CT molecular complexity index is 70.5. The van der Waals surface area contributed by atoms with E-state index in [0.717, 1.165) is 12.7 Å². The fourth-order valence-electron chi connectivity index (χ4n) is 0.215. The summed E-state index contributed by atoms with van der Waals surface area (Å²) >= 11 is 2.07. The molecule has 0 aromatic heterocycles. The van der Waals surface area contributed by atoms with E-state index < -0.39 is 0 Å². The van der Waals surface area contributed by atoms with Gasteiger partial charge in [-0.3, -0.25) is 0 Å². The van der Waals surface area contributed by atoms with E-state index in [-0.39, 0.29) is 3.92 Å². The fraction of sp³-hybridized carbons (Fsp3) is 0.400. The van der Waals surface area contributed by atoms with Crippen LogP contribution in [0.25, 0.3) is 0 Å². The number of carbonyl (C=O) groups excluding carboxylic acids is 1. The second kappa shape index (κ2) is 4.30. The molecule has 0 aromatic carbocycles. The van der Waals surface area contributed by atoms with Gasteiger partial charge in [0.25, 0.3) is 0 Å². The largest absolute Gasteiger partial charge is 0.302 e. The summed E-state index contributed by atoms with van der Waals surface area (Å²) in [6.45, 7) is 3.48.